The molecule has 0 saturated carbocycles. The van der Waals surface area contributed by atoms with Crippen LogP contribution in [0.15, 0.2) is 24.5 Å². The smallest absolute Gasteiger partial charge is 0.339 e. The van der Waals surface area contributed by atoms with Crippen LogP contribution in [0.5, 0.6) is 0 Å². The lowest BCUT2D eigenvalue weighted by Crippen LogP contribution is -2.38. The predicted octanol–water partition coefficient (Wildman–Crippen LogP) is 2.80. The molecule has 1 aliphatic rings. The number of carbonyl (C=O) groups is 1. The van der Waals surface area contributed by atoms with Crippen LogP contribution in [0.3, 0.4) is 0 Å². The van der Waals surface area contributed by atoms with E-state index in [2.05, 4.69) is 16.9 Å². The highest BCUT2D eigenvalue weighted by Crippen LogP contribution is 2.24. The van der Waals surface area contributed by atoms with Crippen molar-refractivity contribution in [2.75, 3.05) is 6.54 Å². The summed E-state index contributed by atoms with van der Waals surface area (Å²) in [6.45, 7) is 4.12. The zero-order valence-electron chi connectivity index (χ0n) is 12.3. The summed E-state index contributed by atoms with van der Waals surface area (Å²) < 4.78 is 1.67. The number of rotatable bonds is 4. The molecule has 0 radical (unpaired) electrons. The first-order valence-corrected chi connectivity index (χ1v) is 7.63. The van der Waals surface area contributed by atoms with Crippen LogP contribution in [0.2, 0.25) is 0 Å². The van der Waals surface area contributed by atoms with Gasteiger partial charge in [0, 0.05) is 18.8 Å². The van der Waals surface area contributed by atoms with E-state index in [-0.39, 0.29) is 5.56 Å². The number of carboxylic acids is 1. The molecule has 0 aromatic carbocycles. The van der Waals surface area contributed by atoms with Gasteiger partial charge in [-0.05, 0) is 37.4 Å². The molecular weight excluding hydrogens is 266 g/mol. The minimum Gasteiger partial charge on any atom is -0.478 e. The van der Waals surface area contributed by atoms with Gasteiger partial charge in [0.15, 0.2) is 0 Å². The van der Waals surface area contributed by atoms with Crippen LogP contribution in [-0.4, -0.2) is 38.2 Å². The number of piperidine rings is 1. The van der Waals surface area contributed by atoms with E-state index in [9.17, 15) is 9.90 Å². The van der Waals surface area contributed by atoms with Crippen LogP contribution < -0.4 is 0 Å². The molecule has 1 aliphatic heterocycles. The molecule has 112 valence electrons. The van der Waals surface area contributed by atoms with Gasteiger partial charge in [-0.25, -0.2) is 9.31 Å². The Balaban J connectivity index is 1.96. The van der Waals surface area contributed by atoms with Crippen molar-refractivity contribution in [1.82, 2.24) is 14.5 Å². The van der Waals surface area contributed by atoms with Gasteiger partial charge >= 0.3 is 5.97 Å². The second-order valence-electron chi connectivity index (χ2n) is 5.72. The molecule has 5 heteroatoms. The average molecular weight is 287 g/mol. The van der Waals surface area contributed by atoms with Gasteiger partial charge < -0.3 is 5.11 Å². The van der Waals surface area contributed by atoms with Crippen LogP contribution >= 0.6 is 0 Å². The zero-order chi connectivity index (χ0) is 14.8. The highest BCUT2D eigenvalue weighted by Gasteiger charge is 2.23. The van der Waals surface area contributed by atoms with E-state index in [1.807, 2.05) is 12.1 Å². The Hall–Kier alpha value is -1.88. The Bertz CT molecular complexity index is 650. The standard InChI is InChI=1S/C16H21N3O2/c1-2-13-7-3-4-8-18(13)11-12-6-5-9-19-15(12)14(10-17-19)16(20)21/h5-6,9-10,13H,2-4,7-8,11H2,1H3,(H,20,21). The number of aromatic nitrogens is 2. The topological polar surface area (TPSA) is 57.8 Å². The van der Waals surface area contributed by atoms with E-state index in [0.717, 1.165) is 30.6 Å². The van der Waals surface area contributed by atoms with Gasteiger partial charge in [0.05, 0.1) is 11.7 Å². The summed E-state index contributed by atoms with van der Waals surface area (Å²) in [5, 5.41) is 13.5. The number of hydrogen-bond donors (Lipinski definition) is 1. The summed E-state index contributed by atoms with van der Waals surface area (Å²) in [4.78, 5) is 13.9. The van der Waals surface area contributed by atoms with E-state index < -0.39 is 5.97 Å². The molecule has 1 unspecified atom stereocenters. The van der Waals surface area contributed by atoms with Gasteiger partial charge in [-0.15, -0.1) is 0 Å². The molecule has 2 aromatic rings. The second kappa shape index (κ2) is 5.85. The molecule has 1 saturated heterocycles. The van der Waals surface area contributed by atoms with Crippen LogP contribution in [0.4, 0.5) is 0 Å². The highest BCUT2D eigenvalue weighted by atomic mass is 16.4. The molecule has 1 N–H and O–H groups in total. The molecule has 1 fully saturated rings. The number of hydrogen-bond acceptors (Lipinski definition) is 3. The van der Waals surface area contributed by atoms with Crippen LogP contribution in [0, 0.1) is 0 Å². The van der Waals surface area contributed by atoms with Crippen LogP contribution in [0.1, 0.15) is 48.5 Å². The van der Waals surface area contributed by atoms with E-state index >= 15 is 0 Å². The van der Waals surface area contributed by atoms with Crippen molar-refractivity contribution in [3.05, 3.63) is 35.7 Å². The summed E-state index contributed by atoms with van der Waals surface area (Å²) in [5.41, 5.74) is 2.06. The first kappa shape index (κ1) is 14.1. The Morgan fingerprint density at radius 2 is 2.33 bits per heavy atom. The molecule has 1 atom stereocenters. The maximum absolute atomic E-state index is 11.4. The number of likely N-dealkylation sites (tertiary alicyclic amines) is 1. The zero-order valence-corrected chi connectivity index (χ0v) is 12.3. The van der Waals surface area contributed by atoms with Crippen molar-refractivity contribution in [2.24, 2.45) is 0 Å². The van der Waals surface area contributed by atoms with Crippen molar-refractivity contribution >= 4 is 11.5 Å². The van der Waals surface area contributed by atoms with Gasteiger partial charge in [-0.3, -0.25) is 4.90 Å². The number of fused-ring (bicyclic) bond motifs is 1. The number of nitrogens with zero attached hydrogens (tertiary/aromatic N) is 3. The van der Waals surface area contributed by atoms with Crippen LogP contribution in [-0.2, 0) is 6.54 Å². The lowest BCUT2D eigenvalue weighted by Gasteiger charge is -2.35. The number of carboxylic acid groups (broad SMARTS) is 1. The normalized spacial score (nSPS) is 20.0. The lowest BCUT2D eigenvalue weighted by atomic mass is 9.99. The second-order valence-corrected chi connectivity index (χ2v) is 5.72. The lowest BCUT2D eigenvalue weighted by molar-refractivity contribution is 0.0699. The van der Waals surface area contributed by atoms with Gasteiger partial charge in [-0.1, -0.05) is 19.4 Å². The van der Waals surface area contributed by atoms with E-state index in [4.69, 9.17) is 0 Å². The first-order valence-electron chi connectivity index (χ1n) is 7.63. The van der Waals surface area contributed by atoms with Crippen LogP contribution in [0.25, 0.3) is 5.52 Å². The van der Waals surface area contributed by atoms with Crippen molar-refractivity contribution in [3.8, 4) is 0 Å². The maximum atomic E-state index is 11.4. The van der Waals surface area contributed by atoms with Crippen molar-refractivity contribution < 1.29 is 9.90 Å². The summed E-state index contributed by atoms with van der Waals surface area (Å²) in [7, 11) is 0. The third-order valence-electron chi connectivity index (χ3n) is 4.45. The molecule has 0 bridgehead atoms. The maximum Gasteiger partial charge on any atom is 0.339 e. The third kappa shape index (κ3) is 2.65. The minimum absolute atomic E-state index is 0.288. The molecule has 3 heterocycles. The fraction of sp³-hybridized carbons (Fsp3) is 0.500. The highest BCUT2D eigenvalue weighted by molar-refractivity contribution is 5.96. The third-order valence-corrected chi connectivity index (χ3v) is 4.45. The molecule has 21 heavy (non-hydrogen) atoms. The number of pyridine rings is 1. The fourth-order valence-electron chi connectivity index (χ4n) is 3.35. The summed E-state index contributed by atoms with van der Waals surface area (Å²) in [6, 6.07) is 4.56. The average Bonchev–Trinajstić information content (AvgIpc) is 2.93. The van der Waals surface area contributed by atoms with E-state index in [1.54, 1.807) is 10.7 Å². The fourth-order valence-corrected chi connectivity index (χ4v) is 3.35. The van der Waals surface area contributed by atoms with Gasteiger partial charge in [-0.2, -0.15) is 5.10 Å². The largest absolute Gasteiger partial charge is 0.478 e. The molecule has 0 spiro atoms. The van der Waals surface area contributed by atoms with Crippen molar-refractivity contribution in [3.63, 3.8) is 0 Å². The Morgan fingerprint density at radius 3 is 3.10 bits per heavy atom. The molecular formula is C16H21N3O2. The van der Waals surface area contributed by atoms with E-state index in [0.29, 0.717) is 6.04 Å². The summed E-state index contributed by atoms with van der Waals surface area (Å²) in [5.74, 6) is -0.914. The molecule has 3 rings (SSSR count). The van der Waals surface area contributed by atoms with Gasteiger partial charge in [0.25, 0.3) is 0 Å². The number of aromatic carboxylic acids is 1. The quantitative estimate of drug-likeness (QED) is 0.939. The summed E-state index contributed by atoms with van der Waals surface area (Å²) >= 11 is 0. The van der Waals surface area contributed by atoms with Crippen molar-refractivity contribution in [1.29, 1.82) is 0 Å². The Labute approximate surface area is 124 Å². The molecule has 0 aliphatic carbocycles. The Kier molecular flexibility index (Phi) is 3.92. The summed E-state index contributed by atoms with van der Waals surface area (Å²) in [6.07, 6.45) is 8.16. The molecule has 5 nitrogen and oxygen atoms in total. The SMILES string of the molecule is CCC1CCCCN1Cc1cccn2ncc(C(=O)O)c12. The van der Waals surface area contributed by atoms with Gasteiger partial charge in [0.2, 0.25) is 0 Å². The van der Waals surface area contributed by atoms with E-state index in [1.165, 1.54) is 25.5 Å². The first-order chi connectivity index (χ1) is 10.2. The molecule has 2 aromatic heterocycles. The monoisotopic (exact) mass is 287 g/mol. The minimum atomic E-state index is -0.914. The molecule has 0 amide bonds. The Morgan fingerprint density at radius 1 is 1.48 bits per heavy atom. The van der Waals surface area contributed by atoms with Crippen molar-refractivity contribution in [2.45, 2.75) is 45.2 Å². The predicted molar refractivity (Wildman–Crippen MR) is 80.5 cm³/mol. The van der Waals surface area contributed by atoms with Gasteiger partial charge in [0.1, 0.15) is 5.56 Å².